The lowest BCUT2D eigenvalue weighted by atomic mass is 10.0. The molecule has 0 bridgehead atoms. The van der Waals surface area contributed by atoms with E-state index in [1.165, 1.54) is 61.8 Å². The molecule has 0 aliphatic carbocycles. The van der Waals surface area contributed by atoms with E-state index in [-0.39, 0.29) is 0 Å². The smallest absolute Gasteiger partial charge is 0.137 e. The fourth-order valence-corrected chi connectivity index (χ4v) is 3.15. The molecular formula is C16H22N2S2. The van der Waals surface area contributed by atoms with Crippen molar-refractivity contribution < 1.29 is 0 Å². The SMILES string of the molecule is CCCCCCCCc1ccc(-c2nnc(S)s2)cc1. The minimum atomic E-state index is 0.719. The molecule has 0 fully saturated rings. The van der Waals surface area contributed by atoms with Crippen LogP contribution in [0.1, 0.15) is 51.0 Å². The molecule has 0 spiro atoms. The number of benzene rings is 1. The highest BCUT2D eigenvalue weighted by Gasteiger charge is 2.04. The van der Waals surface area contributed by atoms with Crippen molar-refractivity contribution in [3.8, 4) is 10.6 Å². The lowest BCUT2D eigenvalue weighted by Crippen LogP contribution is -1.87. The van der Waals surface area contributed by atoms with Crippen LogP contribution in [0, 0.1) is 0 Å². The third-order valence-electron chi connectivity index (χ3n) is 3.43. The third kappa shape index (κ3) is 4.91. The van der Waals surface area contributed by atoms with E-state index in [4.69, 9.17) is 0 Å². The van der Waals surface area contributed by atoms with Crippen molar-refractivity contribution in [2.24, 2.45) is 0 Å². The molecule has 1 aromatic carbocycles. The van der Waals surface area contributed by atoms with Crippen molar-refractivity contribution in [2.45, 2.75) is 56.2 Å². The molecular weight excluding hydrogens is 284 g/mol. The molecule has 0 N–H and O–H groups in total. The number of aromatic nitrogens is 2. The van der Waals surface area contributed by atoms with Crippen molar-refractivity contribution in [3.05, 3.63) is 29.8 Å². The Labute approximate surface area is 131 Å². The third-order valence-corrected chi connectivity index (χ3v) is 4.57. The molecule has 2 aromatic rings. The summed E-state index contributed by atoms with van der Waals surface area (Å²) < 4.78 is 0.719. The highest BCUT2D eigenvalue weighted by atomic mass is 32.2. The maximum absolute atomic E-state index is 4.20. The first-order valence-corrected chi connectivity index (χ1v) is 8.67. The van der Waals surface area contributed by atoms with Crippen LogP contribution < -0.4 is 0 Å². The summed E-state index contributed by atoms with van der Waals surface area (Å²) in [5.41, 5.74) is 2.55. The molecule has 2 nitrogen and oxygen atoms in total. The highest BCUT2D eigenvalue weighted by molar-refractivity contribution is 7.82. The normalized spacial score (nSPS) is 10.9. The van der Waals surface area contributed by atoms with Crippen molar-refractivity contribution in [1.29, 1.82) is 0 Å². The van der Waals surface area contributed by atoms with E-state index < -0.39 is 0 Å². The molecule has 0 amide bonds. The molecule has 4 heteroatoms. The number of nitrogens with zero attached hydrogens (tertiary/aromatic N) is 2. The van der Waals surface area contributed by atoms with Crippen LogP contribution in [0.3, 0.4) is 0 Å². The quantitative estimate of drug-likeness (QED) is 0.522. The van der Waals surface area contributed by atoms with Gasteiger partial charge in [0.1, 0.15) is 5.01 Å². The van der Waals surface area contributed by atoms with Crippen LogP contribution in [-0.2, 0) is 6.42 Å². The average molecular weight is 307 g/mol. The van der Waals surface area contributed by atoms with Crippen LogP contribution in [-0.4, -0.2) is 10.2 Å². The van der Waals surface area contributed by atoms with E-state index in [0.29, 0.717) is 0 Å². The average Bonchev–Trinajstić information content (AvgIpc) is 2.90. The largest absolute Gasteiger partial charge is 0.171 e. The summed E-state index contributed by atoms with van der Waals surface area (Å²) in [5.74, 6) is 0. The molecule has 108 valence electrons. The van der Waals surface area contributed by atoms with Crippen molar-refractivity contribution in [1.82, 2.24) is 10.2 Å². The van der Waals surface area contributed by atoms with Crippen LogP contribution >= 0.6 is 24.0 Å². The lowest BCUT2D eigenvalue weighted by molar-refractivity contribution is 0.607. The topological polar surface area (TPSA) is 25.8 Å². The van der Waals surface area contributed by atoms with Gasteiger partial charge in [-0.05, 0) is 18.4 Å². The maximum Gasteiger partial charge on any atom is 0.171 e. The summed E-state index contributed by atoms with van der Waals surface area (Å²) >= 11 is 5.72. The van der Waals surface area contributed by atoms with Crippen LogP contribution in [0.25, 0.3) is 10.6 Å². The number of thiol groups is 1. The van der Waals surface area contributed by atoms with Gasteiger partial charge < -0.3 is 0 Å². The van der Waals surface area contributed by atoms with Crippen molar-refractivity contribution in [3.63, 3.8) is 0 Å². The van der Waals surface area contributed by atoms with Gasteiger partial charge in [-0.2, -0.15) is 0 Å². The van der Waals surface area contributed by atoms with Crippen molar-refractivity contribution >= 4 is 24.0 Å². The van der Waals surface area contributed by atoms with Crippen LogP contribution in [0.2, 0.25) is 0 Å². The Bertz CT molecular complexity index is 505. The van der Waals surface area contributed by atoms with Gasteiger partial charge in [0.2, 0.25) is 0 Å². The summed E-state index contributed by atoms with van der Waals surface area (Å²) in [6.45, 7) is 2.26. The molecule has 0 radical (unpaired) electrons. The maximum atomic E-state index is 4.20. The number of hydrogen-bond donors (Lipinski definition) is 1. The first kappa shape index (κ1) is 15.5. The van der Waals surface area contributed by atoms with Crippen LogP contribution in [0.15, 0.2) is 28.6 Å². The molecule has 2 rings (SSSR count). The number of unbranched alkanes of at least 4 members (excludes halogenated alkanes) is 5. The minimum Gasteiger partial charge on any atom is -0.137 e. The Morgan fingerprint density at radius 3 is 2.30 bits per heavy atom. The van der Waals surface area contributed by atoms with Gasteiger partial charge in [-0.25, -0.2) is 0 Å². The Morgan fingerprint density at radius 1 is 0.950 bits per heavy atom. The molecule has 1 aromatic heterocycles. The molecule has 0 saturated carbocycles. The minimum absolute atomic E-state index is 0.719. The molecule has 0 atom stereocenters. The van der Waals surface area contributed by atoms with Gasteiger partial charge in [0, 0.05) is 5.56 Å². The van der Waals surface area contributed by atoms with Gasteiger partial charge >= 0.3 is 0 Å². The van der Waals surface area contributed by atoms with Gasteiger partial charge in [0.05, 0.1) is 0 Å². The van der Waals surface area contributed by atoms with Gasteiger partial charge in [-0.15, -0.1) is 22.8 Å². The monoisotopic (exact) mass is 306 g/mol. The standard InChI is InChI=1S/C16H22N2S2/c1-2-3-4-5-6-7-8-13-9-11-14(12-10-13)15-17-18-16(19)20-15/h9-12H,2-8H2,1H3,(H,18,19). The van der Waals surface area contributed by atoms with E-state index in [1.807, 2.05) is 0 Å². The number of aryl methyl sites for hydroxylation is 1. The molecule has 0 unspecified atom stereocenters. The van der Waals surface area contributed by atoms with E-state index in [9.17, 15) is 0 Å². The zero-order chi connectivity index (χ0) is 14.2. The Morgan fingerprint density at radius 2 is 1.65 bits per heavy atom. The predicted molar refractivity (Wildman–Crippen MR) is 89.7 cm³/mol. The first-order valence-electron chi connectivity index (χ1n) is 7.41. The van der Waals surface area contributed by atoms with Gasteiger partial charge in [-0.1, -0.05) is 74.6 Å². The lowest BCUT2D eigenvalue weighted by Gasteiger charge is -2.03. The molecule has 0 aliphatic rings. The molecule has 20 heavy (non-hydrogen) atoms. The second-order valence-electron chi connectivity index (χ2n) is 5.10. The highest BCUT2D eigenvalue weighted by Crippen LogP contribution is 2.25. The first-order chi connectivity index (χ1) is 9.79. The van der Waals surface area contributed by atoms with Crippen molar-refractivity contribution in [2.75, 3.05) is 0 Å². The van der Waals surface area contributed by atoms with Crippen LogP contribution in [0.5, 0.6) is 0 Å². The second-order valence-corrected chi connectivity index (χ2v) is 6.81. The zero-order valence-electron chi connectivity index (χ0n) is 12.0. The summed E-state index contributed by atoms with van der Waals surface area (Å²) in [6.07, 6.45) is 9.29. The Balaban J connectivity index is 1.77. The predicted octanol–water partition coefficient (Wildman–Crippen LogP) is 5.40. The second kappa shape index (κ2) is 8.42. The van der Waals surface area contributed by atoms with Gasteiger partial charge in [0.25, 0.3) is 0 Å². The van der Waals surface area contributed by atoms with Gasteiger partial charge in [0.15, 0.2) is 4.34 Å². The number of hydrogen-bond acceptors (Lipinski definition) is 4. The van der Waals surface area contributed by atoms with E-state index >= 15 is 0 Å². The summed E-state index contributed by atoms with van der Waals surface area (Å²) in [7, 11) is 0. The number of rotatable bonds is 8. The Hall–Kier alpha value is -0.870. The van der Waals surface area contributed by atoms with Gasteiger partial charge in [-0.3, -0.25) is 0 Å². The van der Waals surface area contributed by atoms with E-state index in [1.54, 1.807) is 0 Å². The summed E-state index contributed by atoms with van der Waals surface area (Å²) in [5, 5.41) is 8.99. The van der Waals surface area contributed by atoms with E-state index in [0.717, 1.165) is 14.9 Å². The molecule has 0 saturated heterocycles. The zero-order valence-corrected chi connectivity index (χ0v) is 13.7. The Kier molecular flexibility index (Phi) is 6.54. The molecule has 0 aliphatic heterocycles. The van der Waals surface area contributed by atoms with E-state index in [2.05, 4.69) is 54.0 Å². The van der Waals surface area contributed by atoms with Crippen LogP contribution in [0.4, 0.5) is 0 Å². The summed E-state index contributed by atoms with van der Waals surface area (Å²) in [6, 6.07) is 8.70. The fraction of sp³-hybridized carbons (Fsp3) is 0.500. The molecule has 1 heterocycles. The fourth-order valence-electron chi connectivity index (χ4n) is 2.26. The summed E-state index contributed by atoms with van der Waals surface area (Å²) in [4.78, 5) is 0.